The molecule has 0 bridgehead atoms. The zero-order valence-corrected chi connectivity index (χ0v) is 15.3. The van der Waals surface area contributed by atoms with Gasteiger partial charge in [-0.3, -0.25) is 0 Å². The molecule has 2 saturated carbocycles. The van der Waals surface area contributed by atoms with Gasteiger partial charge in [0.15, 0.2) is 0 Å². The van der Waals surface area contributed by atoms with Gasteiger partial charge in [0.1, 0.15) is 6.10 Å². The van der Waals surface area contributed by atoms with Gasteiger partial charge in [-0.05, 0) is 49.9 Å². The van der Waals surface area contributed by atoms with Gasteiger partial charge in [-0.2, -0.15) is 0 Å². The van der Waals surface area contributed by atoms with Gasteiger partial charge in [-0.15, -0.1) is 0 Å². The third-order valence-electron chi connectivity index (χ3n) is 6.09. The smallest absolute Gasteiger partial charge is 0.330 e. The Hall–Kier alpha value is -0.790. The highest BCUT2D eigenvalue weighted by Gasteiger charge is 2.25. The number of carbonyl (C=O) groups excluding carboxylic acids is 1. The second-order valence-corrected chi connectivity index (χ2v) is 7.76. The van der Waals surface area contributed by atoms with E-state index in [0.717, 1.165) is 37.0 Å². The van der Waals surface area contributed by atoms with E-state index in [1.54, 1.807) is 6.08 Å². The van der Waals surface area contributed by atoms with Crippen LogP contribution in [0.1, 0.15) is 90.9 Å². The average Bonchev–Trinajstić information content (AvgIpc) is 2.60. The van der Waals surface area contributed by atoms with Gasteiger partial charge in [0.05, 0.1) is 0 Å². The van der Waals surface area contributed by atoms with Crippen molar-refractivity contribution in [3.8, 4) is 0 Å². The maximum Gasteiger partial charge on any atom is 0.330 e. The summed E-state index contributed by atoms with van der Waals surface area (Å²) < 4.78 is 5.53. The summed E-state index contributed by atoms with van der Waals surface area (Å²) >= 11 is 0. The SMILES string of the molecule is CCC=CC(=O)OC1CCC(CCC2CCC(CC)CC2)CC1. The molecule has 23 heavy (non-hydrogen) atoms. The van der Waals surface area contributed by atoms with Crippen molar-refractivity contribution < 1.29 is 9.53 Å². The molecule has 2 rings (SSSR count). The lowest BCUT2D eigenvalue weighted by molar-refractivity contribution is -0.144. The average molecular weight is 321 g/mol. The lowest BCUT2D eigenvalue weighted by atomic mass is 9.76. The molecule has 0 aliphatic heterocycles. The number of hydrogen-bond acceptors (Lipinski definition) is 2. The molecule has 0 aromatic rings. The molecule has 2 heteroatoms. The normalized spacial score (nSPS) is 32.1. The van der Waals surface area contributed by atoms with E-state index >= 15 is 0 Å². The molecule has 0 amide bonds. The molecule has 2 aliphatic rings. The predicted molar refractivity (Wildman–Crippen MR) is 96.2 cm³/mol. The van der Waals surface area contributed by atoms with E-state index in [1.165, 1.54) is 57.8 Å². The third kappa shape index (κ3) is 6.69. The molecule has 0 unspecified atom stereocenters. The minimum Gasteiger partial charge on any atom is -0.459 e. The van der Waals surface area contributed by atoms with Gasteiger partial charge in [0, 0.05) is 6.08 Å². The molecule has 2 nitrogen and oxygen atoms in total. The van der Waals surface area contributed by atoms with Gasteiger partial charge >= 0.3 is 5.97 Å². The summed E-state index contributed by atoms with van der Waals surface area (Å²) in [5, 5.41) is 0. The number of rotatable bonds is 7. The Bertz CT molecular complexity index is 358. The standard InChI is InChI=1S/C21H36O2/c1-3-5-6-21(22)23-20-15-13-19(14-16-20)12-11-18-9-7-17(4-2)8-10-18/h5-6,17-20H,3-4,7-16H2,1-2H3. The maximum absolute atomic E-state index is 11.6. The predicted octanol–water partition coefficient (Wildman–Crippen LogP) is 6.05. The highest BCUT2D eigenvalue weighted by Crippen LogP contribution is 2.36. The van der Waals surface area contributed by atoms with Crippen LogP contribution in [-0.2, 0) is 9.53 Å². The molecule has 2 aliphatic carbocycles. The maximum atomic E-state index is 11.6. The summed E-state index contributed by atoms with van der Waals surface area (Å²) in [5.41, 5.74) is 0. The molecule has 0 N–H and O–H groups in total. The molecular formula is C21H36O2. The Morgan fingerprint density at radius 2 is 1.39 bits per heavy atom. The monoisotopic (exact) mass is 320 g/mol. The van der Waals surface area contributed by atoms with E-state index in [4.69, 9.17) is 4.74 Å². The summed E-state index contributed by atoms with van der Waals surface area (Å²) in [6.45, 7) is 4.37. The van der Waals surface area contributed by atoms with Gasteiger partial charge in [0.25, 0.3) is 0 Å². The van der Waals surface area contributed by atoms with Crippen molar-refractivity contribution in [2.24, 2.45) is 17.8 Å². The van der Waals surface area contributed by atoms with Gasteiger partial charge in [0.2, 0.25) is 0 Å². The van der Waals surface area contributed by atoms with E-state index in [-0.39, 0.29) is 12.1 Å². The Labute approximate surface area is 143 Å². The largest absolute Gasteiger partial charge is 0.459 e. The first-order valence-electron chi connectivity index (χ1n) is 10.1. The Morgan fingerprint density at radius 1 is 0.870 bits per heavy atom. The van der Waals surface area contributed by atoms with E-state index in [1.807, 2.05) is 13.0 Å². The lowest BCUT2D eigenvalue weighted by Crippen LogP contribution is -2.24. The summed E-state index contributed by atoms with van der Waals surface area (Å²) in [6.07, 6.45) is 19.2. The van der Waals surface area contributed by atoms with Crippen LogP contribution in [0.3, 0.4) is 0 Å². The topological polar surface area (TPSA) is 26.3 Å². The molecule has 0 saturated heterocycles. The van der Waals surface area contributed by atoms with Crippen molar-refractivity contribution in [3.05, 3.63) is 12.2 Å². The molecule has 0 radical (unpaired) electrons. The summed E-state index contributed by atoms with van der Waals surface area (Å²) in [6, 6.07) is 0. The first-order chi connectivity index (χ1) is 11.2. The fourth-order valence-electron chi connectivity index (χ4n) is 4.36. The number of carbonyl (C=O) groups is 1. The van der Waals surface area contributed by atoms with Crippen molar-refractivity contribution in [1.82, 2.24) is 0 Å². The zero-order chi connectivity index (χ0) is 16.5. The number of ether oxygens (including phenoxy) is 1. The minimum absolute atomic E-state index is 0.150. The summed E-state index contributed by atoms with van der Waals surface area (Å²) in [7, 11) is 0. The Morgan fingerprint density at radius 3 is 1.91 bits per heavy atom. The van der Waals surface area contributed by atoms with Crippen LogP contribution in [0.5, 0.6) is 0 Å². The van der Waals surface area contributed by atoms with Crippen molar-refractivity contribution in [2.45, 2.75) is 97.0 Å². The number of allylic oxidation sites excluding steroid dienone is 1. The Balaban J connectivity index is 1.58. The molecule has 0 aromatic carbocycles. The molecule has 0 heterocycles. The van der Waals surface area contributed by atoms with Crippen LogP contribution in [0.15, 0.2) is 12.2 Å². The van der Waals surface area contributed by atoms with E-state index in [9.17, 15) is 4.79 Å². The molecule has 0 aromatic heterocycles. The molecule has 2 fully saturated rings. The van der Waals surface area contributed by atoms with Crippen molar-refractivity contribution >= 4 is 5.97 Å². The van der Waals surface area contributed by atoms with Crippen LogP contribution < -0.4 is 0 Å². The van der Waals surface area contributed by atoms with Crippen molar-refractivity contribution in [2.75, 3.05) is 0 Å². The number of hydrogen-bond donors (Lipinski definition) is 0. The van der Waals surface area contributed by atoms with E-state index < -0.39 is 0 Å². The van der Waals surface area contributed by atoms with Crippen LogP contribution in [0.25, 0.3) is 0 Å². The highest BCUT2D eigenvalue weighted by atomic mass is 16.5. The van der Waals surface area contributed by atoms with Gasteiger partial charge in [-0.25, -0.2) is 4.79 Å². The number of esters is 1. The highest BCUT2D eigenvalue weighted by molar-refractivity contribution is 5.82. The molecule has 0 atom stereocenters. The third-order valence-corrected chi connectivity index (χ3v) is 6.09. The zero-order valence-electron chi connectivity index (χ0n) is 15.3. The van der Waals surface area contributed by atoms with Crippen LogP contribution >= 0.6 is 0 Å². The van der Waals surface area contributed by atoms with Crippen LogP contribution in [0.4, 0.5) is 0 Å². The summed E-state index contributed by atoms with van der Waals surface area (Å²) in [5.74, 6) is 2.73. The van der Waals surface area contributed by atoms with Crippen LogP contribution in [0, 0.1) is 17.8 Å². The fraction of sp³-hybridized carbons (Fsp3) is 0.857. The molecule has 132 valence electrons. The minimum atomic E-state index is -0.150. The Kier molecular flexibility index (Phi) is 8.19. The molecule has 0 spiro atoms. The first kappa shape index (κ1) is 18.5. The van der Waals surface area contributed by atoms with E-state index in [0.29, 0.717) is 0 Å². The van der Waals surface area contributed by atoms with Crippen molar-refractivity contribution in [3.63, 3.8) is 0 Å². The van der Waals surface area contributed by atoms with E-state index in [2.05, 4.69) is 6.92 Å². The fourth-order valence-corrected chi connectivity index (χ4v) is 4.36. The quantitative estimate of drug-likeness (QED) is 0.421. The second kappa shape index (κ2) is 10.2. The first-order valence-corrected chi connectivity index (χ1v) is 10.1. The van der Waals surface area contributed by atoms with Gasteiger partial charge in [-0.1, -0.05) is 64.9 Å². The van der Waals surface area contributed by atoms with Gasteiger partial charge < -0.3 is 4.74 Å². The lowest BCUT2D eigenvalue weighted by Gasteiger charge is -2.31. The summed E-state index contributed by atoms with van der Waals surface area (Å²) in [4.78, 5) is 11.6. The van der Waals surface area contributed by atoms with Crippen LogP contribution in [0.2, 0.25) is 0 Å². The van der Waals surface area contributed by atoms with Crippen molar-refractivity contribution in [1.29, 1.82) is 0 Å². The second-order valence-electron chi connectivity index (χ2n) is 7.76. The molecular weight excluding hydrogens is 284 g/mol. The van der Waals surface area contributed by atoms with Crippen LogP contribution in [-0.4, -0.2) is 12.1 Å².